The second kappa shape index (κ2) is 7.99. The molecule has 0 heterocycles. The van der Waals surface area contributed by atoms with Gasteiger partial charge in [-0.1, -0.05) is 35.3 Å². The van der Waals surface area contributed by atoms with Crippen LogP contribution in [0.4, 0.5) is 0 Å². The fourth-order valence-electron chi connectivity index (χ4n) is 2.84. The Morgan fingerprint density at radius 2 is 1.92 bits per heavy atom. The number of ether oxygens (including phenoxy) is 1. The molecule has 0 radical (unpaired) electrons. The van der Waals surface area contributed by atoms with Crippen molar-refractivity contribution in [2.24, 2.45) is 5.92 Å². The van der Waals surface area contributed by atoms with Gasteiger partial charge in [-0.05, 0) is 60.7 Å². The summed E-state index contributed by atoms with van der Waals surface area (Å²) in [7, 11) is 0. The van der Waals surface area contributed by atoms with Gasteiger partial charge in [-0.25, -0.2) is 0 Å². The van der Waals surface area contributed by atoms with Gasteiger partial charge in [-0.3, -0.25) is 4.79 Å². The van der Waals surface area contributed by atoms with Crippen molar-refractivity contribution in [1.29, 1.82) is 5.26 Å². The van der Waals surface area contributed by atoms with Crippen molar-refractivity contribution in [2.75, 3.05) is 6.61 Å². The summed E-state index contributed by atoms with van der Waals surface area (Å²) < 4.78 is 5.77. The first-order chi connectivity index (χ1) is 12.5. The van der Waals surface area contributed by atoms with Crippen molar-refractivity contribution in [2.45, 2.75) is 24.8 Å². The highest BCUT2D eigenvalue weighted by atomic mass is 35.5. The van der Waals surface area contributed by atoms with Crippen LogP contribution in [-0.4, -0.2) is 18.1 Å². The molecule has 1 aliphatic carbocycles. The molecule has 0 aromatic heterocycles. The normalized spacial score (nSPS) is 15.6. The zero-order chi connectivity index (χ0) is 18.6. The Bertz CT molecular complexity index is 828. The van der Waals surface area contributed by atoms with Gasteiger partial charge in [0.2, 0.25) is 5.91 Å². The van der Waals surface area contributed by atoms with E-state index in [1.165, 1.54) is 0 Å². The van der Waals surface area contributed by atoms with Gasteiger partial charge in [0, 0.05) is 10.0 Å². The van der Waals surface area contributed by atoms with Crippen molar-refractivity contribution in [3.05, 3.63) is 64.1 Å². The number of nitrogens with zero attached hydrogens (tertiary/aromatic N) is 1. The highest BCUT2D eigenvalue weighted by Crippen LogP contribution is 2.40. The first-order valence-corrected chi connectivity index (χ1v) is 9.11. The predicted molar refractivity (Wildman–Crippen MR) is 101 cm³/mol. The average Bonchev–Trinajstić information content (AvgIpc) is 3.45. The molecule has 1 saturated carbocycles. The molecule has 1 N–H and O–H groups in total. The third kappa shape index (κ3) is 4.69. The highest BCUT2D eigenvalue weighted by Gasteiger charge is 2.47. The van der Waals surface area contributed by atoms with E-state index in [1.807, 2.05) is 6.07 Å². The molecular weight excluding hydrogens is 371 g/mol. The van der Waals surface area contributed by atoms with Gasteiger partial charge < -0.3 is 10.1 Å². The zero-order valence-electron chi connectivity index (χ0n) is 14.0. The minimum Gasteiger partial charge on any atom is -0.490 e. The number of benzene rings is 2. The molecule has 4 nitrogen and oxygen atoms in total. The van der Waals surface area contributed by atoms with E-state index < -0.39 is 5.54 Å². The molecule has 26 heavy (non-hydrogen) atoms. The van der Waals surface area contributed by atoms with Gasteiger partial charge in [-0.15, -0.1) is 0 Å². The van der Waals surface area contributed by atoms with Gasteiger partial charge in [0.15, 0.2) is 5.54 Å². The molecule has 3 rings (SSSR count). The van der Waals surface area contributed by atoms with E-state index in [1.54, 1.807) is 42.5 Å². The SMILES string of the molecule is N#CC(COc1ccc(Cl)cc1)(NC(=O)Cc1cccc(Cl)c1)C1CC1. The topological polar surface area (TPSA) is 62.1 Å². The number of halogens is 2. The Hall–Kier alpha value is -2.22. The second-order valence-electron chi connectivity index (χ2n) is 6.45. The highest BCUT2D eigenvalue weighted by molar-refractivity contribution is 6.30. The van der Waals surface area contributed by atoms with Crippen LogP contribution in [0.3, 0.4) is 0 Å². The molecule has 1 amide bonds. The van der Waals surface area contributed by atoms with Crippen LogP contribution in [0.5, 0.6) is 5.75 Å². The van der Waals surface area contributed by atoms with E-state index in [4.69, 9.17) is 27.9 Å². The molecule has 6 heteroatoms. The van der Waals surface area contributed by atoms with E-state index in [2.05, 4.69) is 11.4 Å². The number of nitrogens with one attached hydrogen (secondary N) is 1. The molecule has 2 aromatic carbocycles. The van der Waals surface area contributed by atoms with Crippen molar-refractivity contribution in [1.82, 2.24) is 5.32 Å². The first kappa shape index (κ1) is 18.6. The van der Waals surface area contributed by atoms with Crippen LogP contribution in [0.2, 0.25) is 10.0 Å². The molecule has 1 atom stereocenters. The minimum atomic E-state index is -1.03. The maximum absolute atomic E-state index is 12.5. The van der Waals surface area contributed by atoms with E-state index >= 15 is 0 Å². The van der Waals surface area contributed by atoms with Crippen LogP contribution in [-0.2, 0) is 11.2 Å². The van der Waals surface area contributed by atoms with Crippen LogP contribution >= 0.6 is 23.2 Å². The number of carbonyl (C=O) groups is 1. The van der Waals surface area contributed by atoms with Gasteiger partial charge in [0.1, 0.15) is 12.4 Å². The van der Waals surface area contributed by atoms with Crippen molar-refractivity contribution < 1.29 is 9.53 Å². The van der Waals surface area contributed by atoms with Crippen LogP contribution < -0.4 is 10.1 Å². The largest absolute Gasteiger partial charge is 0.490 e. The number of hydrogen-bond donors (Lipinski definition) is 1. The summed E-state index contributed by atoms with van der Waals surface area (Å²) in [4.78, 5) is 12.5. The van der Waals surface area contributed by atoms with Crippen molar-refractivity contribution in [3.63, 3.8) is 0 Å². The quantitative estimate of drug-likeness (QED) is 0.763. The molecule has 134 valence electrons. The lowest BCUT2D eigenvalue weighted by atomic mass is 9.95. The third-order valence-electron chi connectivity index (χ3n) is 4.37. The van der Waals surface area contributed by atoms with E-state index in [0.717, 1.165) is 18.4 Å². The van der Waals surface area contributed by atoms with Crippen molar-refractivity contribution >= 4 is 29.1 Å². The van der Waals surface area contributed by atoms with Gasteiger partial charge in [-0.2, -0.15) is 5.26 Å². The minimum absolute atomic E-state index is 0.0943. The Balaban J connectivity index is 1.68. The molecule has 0 aliphatic heterocycles. The Labute approximate surface area is 162 Å². The molecule has 1 fully saturated rings. The van der Waals surface area contributed by atoms with Crippen LogP contribution in [0.25, 0.3) is 0 Å². The fourth-order valence-corrected chi connectivity index (χ4v) is 3.18. The summed E-state index contributed by atoms with van der Waals surface area (Å²) in [6.07, 6.45) is 1.96. The third-order valence-corrected chi connectivity index (χ3v) is 4.86. The zero-order valence-corrected chi connectivity index (χ0v) is 15.6. The number of nitriles is 1. The summed E-state index contributed by atoms with van der Waals surface area (Å²) in [5.74, 6) is 0.488. The number of hydrogen-bond acceptors (Lipinski definition) is 3. The molecule has 1 unspecified atom stereocenters. The van der Waals surface area contributed by atoms with E-state index in [9.17, 15) is 10.1 Å². The number of amides is 1. The molecule has 0 spiro atoms. The number of carbonyl (C=O) groups excluding carboxylic acids is 1. The summed E-state index contributed by atoms with van der Waals surface area (Å²) in [6.45, 7) is 0.0943. The monoisotopic (exact) mass is 388 g/mol. The maximum Gasteiger partial charge on any atom is 0.225 e. The van der Waals surface area contributed by atoms with Crippen LogP contribution in [0, 0.1) is 17.2 Å². The lowest BCUT2D eigenvalue weighted by molar-refractivity contribution is -0.122. The summed E-state index contributed by atoms with van der Waals surface area (Å²) in [5, 5.41) is 13.9. The Morgan fingerprint density at radius 3 is 2.54 bits per heavy atom. The van der Waals surface area contributed by atoms with Gasteiger partial charge >= 0.3 is 0 Å². The van der Waals surface area contributed by atoms with E-state index in [-0.39, 0.29) is 24.9 Å². The standard InChI is InChI=1S/C20H18Cl2N2O2/c21-16-6-8-18(9-7-16)26-13-20(12-23,15-4-5-15)24-19(25)11-14-2-1-3-17(22)10-14/h1-3,6-10,15H,4-5,11,13H2,(H,24,25). The lowest BCUT2D eigenvalue weighted by Crippen LogP contribution is -2.54. The van der Waals surface area contributed by atoms with Crippen molar-refractivity contribution in [3.8, 4) is 11.8 Å². The Morgan fingerprint density at radius 1 is 1.19 bits per heavy atom. The maximum atomic E-state index is 12.5. The molecule has 0 bridgehead atoms. The molecular formula is C20H18Cl2N2O2. The van der Waals surface area contributed by atoms with Crippen LogP contribution in [0.1, 0.15) is 18.4 Å². The smallest absolute Gasteiger partial charge is 0.225 e. The van der Waals surface area contributed by atoms with Crippen LogP contribution in [0.15, 0.2) is 48.5 Å². The second-order valence-corrected chi connectivity index (χ2v) is 7.33. The predicted octanol–water partition coefficient (Wildman–Crippen LogP) is 4.40. The summed E-state index contributed by atoms with van der Waals surface area (Å²) in [5.41, 5.74) is -0.230. The lowest BCUT2D eigenvalue weighted by Gasteiger charge is -2.28. The molecule has 2 aromatic rings. The molecule has 0 saturated heterocycles. The first-order valence-electron chi connectivity index (χ1n) is 8.36. The number of rotatable bonds is 7. The Kier molecular flexibility index (Phi) is 5.70. The molecule has 1 aliphatic rings. The summed E-state index contributed by atoms with van der Waals surface area (Å²) in [6, 6.07) is 16.3. The van der Waals surface area contributed by atoms with Gasteiger partial charge in [0.25, 0.3) is 0 Å². The van der Waals surface area contributed by atoms with Gasteiger partial charge in [0.05, 0.1) is 12.5 Å². The fraction of sp³-hybridized carbons (Fsp3) is 0.300. The van der Waals surface area contributed by atoms with E-state index in [0.29, 0.717) is 15.8 Å². The average molecular weight is 389 g/mol. The summed E-state index contributed by atoms with van der Waals surface area (Å²) >= 11 is 11.8.